The summed E-state index contributed by atoms with van der Waals surface area (Å²) in [7, 11) is -3.78. The van der Waals surface area contributed by atoms with Gasteiger partial charge in [0, 0.05) is 14.9 Å². The number of rotatable bonds is 5. The van der Waals surface area contributed by atoms with Gasteiger partial charge < -0.3 is 0 Å². The lowest BCUT2D eigenvalue weighted by molar-refractivity contribution is 0.246. The van der Waals surface area contributed by atoms with Crippen LogP contribution >= 0.6 is 27.5 Å². The summed E-state index contributed by atoms with van der Waals surface area (Å²) in [6, 6.07) is 13.7. The zero-order valence-electron chi connectivity index (χ0n) is 12.2. The highest BCUT2D eigenvalue weighted by Gasteiger charge is 2.25. The Morgan fingerprint density at radius 2 is 1.77 bits per heavy atom. The lowest BCUT2D eigenvalue weighted by Crippen LogP contribution is -2.26. The van der Waals surface area contributed by atoms with Gasteiger partial charge in [-0.15, -0.1) is 0 Å². The summed E-state index contributed by atoms with van der Waals surface area (Å²) < 4.78 is 30.5. The monoisotopic (exact) mass is 402 g/mol. The fourth-order valence-corrected chi connectivity index (χ4v) is 3.40. The molecule has 0 heterocycles. The fraction of sp³-hybridized carbons (Fsp3) is 0.250. The van der Waals surface area contributed by atoms with Gasteiger partial charge >= 0.3 is 0 Å². The minimum absolute atomic E-state index is 0.0335. The van der Waals surface area contributed by atoms with E-state index < -0.39 is 15.5 Å². The molecule has 0 aliphatic heterocycles. The Labute approximate surface area is 144 Å². The first-order chi connectivity index (χ1) is 10.2. The number of hydrogen-bond donors (Lipinski definition) is 0. The zero-order chi connectivity index (χ0) is 16.4. The summed E-state index contributed by atoms with van der Waals surface area (Å²) in [6.07, 6.45) is 0. The van der Waals surface area contributed by atoms with Gasteiger partial charge in [0.25, 0.3) is 10.1 Å². The molecule has 6 heteroatoms. The van der Waals surface area contributed by atoms with E-state index in [1.165, 1.54) is 12.1 Å². The second-order valence-corrected chi connectivity index (χ2v) is 8.53. The predicted octanol–water partition coefficient (Wildman–Crippen LogP) is 4.79. The van der Waals surface area contributed by atoms with Crippen molar-refractivity contribution in [2.75, 3.05) is 6.61 Å². The van der Waals surface area contributed by atoms with Crippen LogP contribution in [-0.2, 0) is 19.7 Å². The third kappa shape index (κ3) is 4.32. The highest BCUT2D eigenvalue weighted by Crippen LogP contribution is 2.27. The van der Waals surface area contributed by atoms with Crippen LogP contribution < -0.4 is 0 Å². The van der Waals surface area contributed by atoms with Crippen LogP contribution in [-0.4, -0.2) is 15.0 Å². The Hall–Kier alpha value is -0.880. The first-order valence-electron chi connectivity index (χ1n) is 6.62. The normalized spacial score (nSPS) is 12.4. The maximum Gasteiger partial charge on any atom is 0.297 e. The maximum atomic E-state index is 12.2. The molecular weight excluding hydrogens is 388 g/mol. The Bertz CT molecular complexity index is 755. The van der Waals surface area contributed by atoms with Gasteiger partial charge in [-0.1, -0.05) is 53.5 Å². The summed E-state index contributed by atoms with van der Waals surface area (Å²) in [4.78, 5) is 0.137. The molecule has 0 N–H and O–H groups in total. The van der Waals surface area contributed by atoms with Crippen LogP contribution in [0.5, 0.6) is 0 Å². The van der Waals surface area contributed by atoms with Crippen molar-refractivity contribution in [1.82, 2.24) is 0 Å². The lowest BCUT2D eigenvalue weighted by atomic mass is 9.86. The smallest absolute Gasteiger partial charge is 0.265 e. The third-order valence-electron chi connectivity index (χ3n) is 3.28. The average Bonchev–Trinajstić information content (AvgIpc) is 2.46. The van der Waals surface area contributed by atoms with Crippen LogP contribution in [0.4, 0.5) is 0 Å². The molecule has 0 radical (unpaired) electrons. The fourth-order valence-electron chi connectivity index (χ4n) is 1.89. The SMILES string of the molecule is CC(C)(COS(=O)(=O)c1ccc(Br)cc1)c1cccc(Cl)c1. The van der Waals surface area contributed by atoms with Gasteiger partial charge in [0.2, 0.25) is 0 Å². The van der Waals surface area contributed by atoms with Crippen molar-refractivity contribution in [3.63, 3.8) is 0 Å². The van der Waals surface area contributed by atoms with Crippen LogP contribution in [0.2, 0.25) is 5.02 Å². The van der Waals surface area contributed by atoms with E-state index in [0.29, 0.717) is 5.02 Å². The third-order valence-corrected chi connectivity index (χ3v) is 5.32. The van der Waals surface area contributed by atoms with E-state index in [0.717, 1.165) is 10.0 Å². The highest BCUT2D eigenvalue weighted by molar-refractivity contribution is 9.10. The van der Waals surface area contributed by atoms with Gasteiger partial charge in [0.05, 0.1) is 11.5 Å². The van der Waals surface area contributed by atoms with Crippen molar-refractivity contribution in [1.29, 1.82) is 0 Å². The molecule has 22 heavy (non-hydrogen) atoms. The van der Waals surface area contributed by atoms with Crippen molar-refractivity contribution in [2.45, 2.75) is 24.2 Å². The molecule has 2 rings (SSSR count). The Morgan fingerprint density at radius 3 is 2.36 bits per heavy atom. The van der Waals surface area contributed by atoms with Crippen molar-refractivity contribution in [3.05, 3.63) is 63.6 Å². The van der Waals surface area contributed by atoms with E-state index in [9.17, 15) is 8.42 Å². The molecule has 0 aromatic heterocycles. The van der Waals surface area contributed by atoms with Crippen LogP contribution in [0.15, 0.2) is 57.9 Å². The number of hydrogen-bond acceptors (Lipinski definition) is 3. The molecule has 0 aliphatic carbocycles. The Balaban J connectivity index is 2.15. The largest absolute Gasteiger partial charge is 0.297 e. The Morgan fingerprint density at radius 1 is 1.14 bits per heavy atom. The molecule has 118 valence electrons. The van der Waals surface area contributed by atoms with Gasteiger partial charge in [0.1, 0.15) is 0 Å². The molecule has 2 aromatic carbocycles. The molecule has 3 nitrogen and oxygen atoms in total. The summed E-state index contributed by atoms with van der Waals surface area (Å²) >= 11 is 9.26. The van der Waals surface area contributed by atoms with E-state index in [1.807, 2.05) is 32.0 Å². The lowest BCUT2D eigenvalue weighted by Gasteiger charge is -2.24. The van der Waals surface area contributed by atoms with Crippen LogP contribution in [0.25, 0.3) is 0 Å². The van der Waals surface area contributed by atoms with Crippen LogP contribution in [0.1, 0.15) is 19.4 Å². The van der Waals surface area contributed by atoms with E-state index in [1.54, 1.807) is 18.2 Å². The molecule has 0 unspecified atom stereocenters. The number of benzene rings is 2. The molecule has 0 bridgehead atoms. The van der Waals surface area contributed by atoms with E-state index in [2.05, 4.69) is 15.9 Å². The minimum Gasteiger partial charge on any atom is -0.265 e. The molecule has 0 amide bonds. The minimum atomic E-state index is -3.78. The first kappa shape index (κ1) is 17.5. The molecular formula is C16H16BrClO3S. The summed E-state index contributed by atoms with van der Waals surface area (Å²) in [5, 5.41) is 0.612. The summed E-state index contributed by atoms with van der Waals surface area (Å²) in [5.41, 5.74) is 0.443. The number of halogens is 2. The molecule has 2 aromatic rings. The predicted molar refractivity (Wildman–Crippen MR) is 91.8 cm³/mol. The second-order valence-electron chi connectivity index (χ2n) is 5.56. The second kappa shape index (κ2) is 6.71. The summed E-state index contributed by atoms with van der Waals surface area (Å²) in [6.45, 7) is 3.86. The standard InChI is InChI=1S/C16H16BrClO3S/c1-16(2,12-4-3-5-14(18)10-12)11-21-22(19,20)15-8-6-13(17)7-9-15/h3-10H,11H2,1-2H3. The van der Waals surface area contributed by atoms with Crippen LogP contribution in [0, 0.1) is 0 Å². The van der Waals surface area contributed by atoms with Crippen LogP contribution in [0.3, 0.4) is 0 Å². The average molecular weight is 404 g/mol. The highest BCUT2D eigenvalue weighted by atomic mass is 79.9. The van der Waals surface area contributed by atoms with Crippen molar-refractivity contribution in [2.24, 2.45) is 0 Å². The van der Waals surface area contributed by atoms with Gasteiger partial charge in [-0.25, -0.2) is 0 Å². The van der Waals surface area contributed by atoms with Gasteiger partial charge in [-0.3, -0.25) is 4.18 Å². The topological polar surface area (TPSA) is 43.4 Å². The van der Waals surface area contributed by atoms with Gasteiger partial charge in [-0.05, 0) is 42.0 Å². The zero-order valence-corrected chi connectivity index (χ0v) is 15.4. The van der Waals surface area contributed by atoms with E-state index >= 15 is 0 Å². The van der Waals surface area contributed by atoms with E-state index in [4.69, 9.17) is 15.8 Å². The molecule has 0 saturated carbocycles. The first-order valence-corrected chi connectivity index (χ1v) is 9.20. The molecule has 0 aliphatic rings. The van der Waals surface area contributed by atoms with Crippen molar-refractivity contribution in [3.8, 4) is 0 Å². The molecule has 0 saturated heterocycles. The summed E-state index contributed by atoms with van der Waals surface area (Å²) in [5.74, 6) is 0. The maximum absolute atomic E-state index is 12.2. The van der Waals surface area contributed by atoms with Crippen molar-refractivity contribution < 1.29 is 12.6 Å². The molecule has 0 atom stereocenters. The van der Waals surface area contributed by atoms with Gasteiger partial charge in [-0.2, -0.15) is 8.42 Å². The van der Waals surface area contributed by atoms with E-state index in [-0.39, 0.29) is 11.5 Å². The molecule has 0 spiro atoms. The quantitative estimate of drug-likeness (QED) is 0.674. The Kier molecular flexibility index (Phi) is 5.33. The molecule has 0 fully saturated rings. The van der Waals surface area contributed by atoms with Gasteiger partial charge in [0.15, 0.2) is 0 Å². The van der Waals surface area contributed by atoms with Crippen molar-refractivity contribution >= 4 is 37.6 Å².